The molecule has 0 spiro atoms. The van der Waals surface area contributed by atoms with Crippen molar-refractivity contribution >= 4 is 15.9 Å². The molecular formula is C30H35N3O4S. The van der Waals surface area contributed by atoms with E-state index in [1.54, 1.807) is 18.2 Å². The van der Waals surface area contributed by atoms with Crippen molar-refractivity contribution in [2.24, 2.45) is 0 Å². The van der Waals surface area contributed by atoms with E-state index in [9.17, 15) is 13.2 Å². The van der Waals surface area contributed by atoms with Crippen molar-refractivity contribution in [3.05, 3.63) is 102 Å². The number of rotatable bonds is 6. The highest BCUT2D eigenvalue weighted by atomic mass is 32.2. The fourth-order valence-electron chi connectivity index (χ4n) is 5.52. The smallest absolute Gasteiger partial charge is 0.253 e. The second-order valence-corrected chi connectivity index (χ2v) is 12.1. The molecule has 1 amide bonds. The summed E-state index contributed by atoms with van der Waals surface area (Å²) in [5, 5.41) is 0. The van der Waals surface area contributed by atoms with E-state index in [0.29, 0.717) is 31.7 Å². The molecular weight excluding hydrogens is 498 g/mol. The lowest BCUT2D eigenvalue weighted by molar-refractivity contribution is -0.0440. The molecule has 5 rings (SSSR count). The van der Waals surface area contributed by atoms with Crippen molar-refractivity contribution in [1.82, 2.24) is 14.1 Å². The topological polar surface area (TPSA) is 70.2 Å². The summed E-state index contributed by atoms with van der Waals surface area (Å²) >= 11 is 0. The Labute approximate surface area is 225 Å². The Balaban J connectivity index is 1.30. The Morgan fingerprint density at radius 2 is 1.34 bits per heavy atom. The normalized spacial score (nSPS) is 21.5. The van der Waals surface area contributed by atoms with Crippen LogP contribution < -0.4 is 0 Å². The molecule has 0 radical (unpaired) electrons. The van der Waals surface area contributed by atoms with Gasteiger partial charge in [-0.3, -0.25) is 9.69 Å². The van der Waals surface area contributed by atoms with Crippen molar-refractivity contribution in [2.45, 2.75) is 37.0 Å². The van der Waals surface area contributed by atoms with E-state index >= 15 is 0 Å². The number of amides is 1. The van der Waals surface area contributed by atoms with Gasteiger partial charge in [0.05, 0.1) is 23.1 Å². The molecule has 2 heterocycles. The molecule has 3 aromatic carbocycles. The van der Waals surface area contributed by atoms with Crippen LogP contribution in [0, 0.1) is 0 Å². The van der Waals surface area contributed by atoms with Crippen molar-refractivity contribution in [3.8, 4) is 0 Å². The van der Waals surface area contributed by atoms with Gasteiger partial charge in [-0.05, 0) is 43.2 Å². The first-order valence-corrected chi connectivity index (χ1v) is 14.7. The second kappa shape index (κ2) is 11.4. The minimum absolute atomic E-state index is 0.112. The van der Waals surface area contributed by atoms with E-state index in [4.69, 9.17) is 4.74 Å². The molecule has 3 aromatic rings. The maximum absolute atomic E-state index is 13.5. The molecule has 200 valence electrons. The highest BCUT2D eigenvalue weighted by Gasteiger charge is 2.33. The Bertz CT molecular complexity index is 1290. The number of morpholine rings is 1. The van der Waals surface area contributed by atoms with Crippen LogP contribution in [0.1, 0.15) is 41.4 Å². The van der Waals surface area contributed by atoms with Crippen LogP contribution in [0.4, 0.5) is 0 Å². The third-order valence-electron chi connectivity index (χ3n) is 7.30. The molecule has 38 heavy (non-hydrogen) atoms. The number of carbonyl (C=O) groups is 1. The van der Waals surface area contributed by atoms with E-state index in [1.165, 1.54) is 21.5 Å². The summed E-state index contributed by atoms with van der Waals surface area (Å²) in [6, 6.07) is 27.4. The Hall–Kier alpha value is -3.04. The number of piperazine rings is 1. The standard InChI is InChI=1S/C30H35N3O4S/c1-23-21-33(22-24(2)37-23)38(35,36)28-15-9-14-27(20-28)30(34)32-18-16-31(17-19-32)29(25-10-5-3-6-11-25)26-12-7-4-8-13-26/h3-15,20,23-24,29H,16-19,21-22H2,1-2H3/t23-,24+. The highest BCUT2D eigenvalue weighted by Crippen LogP contribution is 2.30. The fraction of sp³-hybridized carbons (Fsp3) is 0.367. The van der Waals surface area contributed by atoms with Crippen LogP contribution in [-0.4, -0.2) is 79.9 Å². The van der Waals surface area contributed by atoms with E-state index in [0.717, 1.165) is 13.1 Å². The summed E-state index contributed by atoms with van der Waals surface area (Å²) < 4.78 is 33.9. The van der Waals surface area contributed by atoms with Gasteiger partial charge in [-0.2, -0.15) is 4.31 Å². The zero-order valence-corrected chi connectivity index (χ0v) is 22.8. The van der Waals surface area contributed by atoms with Gasteiger partial charge in [0.2, 0.25) is 10.0 Å². The van der Waals surface area contributed by atoms with Crippen LogP contribution >= 0.6 is 0 Å². The van der Waals surface area contributed by atoms with Gasteiger partial charge < -0.3 is 9.64 Å². The molecule has 2 atom stereocenters. The average molecular weight is 534 g/mol. The Kier molecular flexibility index (Phi) is 7.95. The van der Waals surface area contributed by atoms with Crippen molar-refractivity contribution < 1.29 is 17.9 Å². The van der Waals surface area contributed by atoms with Gasteiger partial charge in [-0.1, -0.05) is 66.7 Å². The predicted octanol–water partition coefficient (Wildman–Crippen LogP) is 4.03. The van der Waals surface area contributed by atoms with Crippen LogP contribution in [0.25, 0.3) is 0 Å². The summed E-state index contributed by atoms with van der Waals surface area (Å²) in [5.74, 6) is -0.138. The van der Waals surface area contributed by atoms with E-state index in [2.05, 4.69) is 53.4 Å². The van der Waals surface area contributed by atoms with Gasteiger partial charge in [-0.15, -0.1) is 0 Å². The third kappa shape index (κ3) is 5.68. The minimum atomic E-state index is -3.72. The summed E-state index contributed by atoms with van der Waals surface area (Å²) in [6.07, 6.45) is -0.351. The van der Waals surface area contributed by atoms with E-state index in [1.807, 2.05) is 30.9 Å². The predicted molar refractivity (Wildman–Crippen MR) is 147 cm³/mol. The van der Waals surface area contributed by atoms with Gasteiger partial charge in [0, 0.05) is 44.8 Å². The SMILES string of the molecule is C[C@@H]1CN(S(=O)(=O)c2cccc(C(=O)N3CCN(C(c4ccccc4)c4ccccc4)CC3)c2)C[C@H](C)O1. The van der Waals surface area contributed by atoms with Crippen molar-refractivity contribution in [1.29, 1.82) is 0 Å². The summed E-state index contributed by atoms with van der Waals surface area (Å²) in [7, 11) is -3.72. The molecule has 0 N–H and O–H groups in total. The molecule has 0 aliphatic carbocycles. The maximum atomic E-state index is 13.5. The molecule has 0 unspecified atom stereocenters. The number of nitrogens with zero attached hydrogens (tertiary/aromatic N) is 3. The molecule has 0 aromatic heterocycles. The molecule has 0 bridgehead atoms. The van der Waals surface area contributed by atoms with Crippen LogP contribution in [0.5, 0.6) is 0 Å². The number of carbonyl (C=O) groups excluding carboxylic acids is 1. The number of hydrogen-bond donors (Lipinski definition) is 0. The zero-order chi connectivity index (χ0) is 26.7. The minimum Gasteiger partial charge on any atom is -0.373 e. The maximum Gasteiger partial charge on any atom is 0.253 e. The van der Waals surface area contributed by atoms with Gasteiger partial charge >= 0.3 is 0 Å². The molecule has 8 heteroatoms. The van der Waals surface area contributed by atoms with Gasteiger partial charge in [0.1, 0.15) is 0 Å². The van der Waals surface area contributed by atoms with Crippen molar-refractivity contribution in [3.63, 3.8) is 0 Å². The third-order valence-corrected chi connectivity index (χ3v) is 9.13. The first-order chi connectivity index (χ1) is 18.3. The number of benzene rings is 3. The van der Waals surface area contributed by atoms with Crippen LogP contribution in [0.3, 0.4) is 0 Å². The highest BCUT2D eigenvalue weighted by molar-refractivity contribution is 7.89. The zero-order valence-electron chi connectivity index (χ0n) is 21.9. The molecule has 0 saturated carbocycles. The fourth-order valence-corrected chi connectivity index (χ4v) is 7.15. The molecule has 2 aliphatic rings. The largest absolute Gasteiger partial charge is 0.373 e. The van der Waals surface area contributed by atoms with Gasteiger partial charge in [-0.25, -0.2) is 8.42 Å². The van der Waals surface area contributed by atoms with E-state index in [-0.39, 0.29) is 29.1 Å². The monoisotopic (exact) mass is 533 g/mol. The molecule has 2 fully saturated rings. The Morgan fingerprint density at radius 3 is 1.89 bits per heavy atom. The molecule has 2 saturated heterocycles. The van der Waals surface area contributed by atoms with Crippen LogP contribution in [0.15, 0.2) is 89.8 Å². The lowest BCUT2D eigenvalue weighted by Gasteiger charge is -2.40. The summed E-state index contributed by atoms with van der Waals surface area (Å²) in [6.45, 7) is 6.95. The first-order valence-electron chi connectivity index (χ1n) is 13.2. The van der Waals surface area contributed by atoms with E-state index < -0.39 is 10.0 Å². The lowest BCUT2D eigenvalue weighted by Crippen LogP contribution is -2.50. The number of hydrogen-bond acceptors (Lipinski definition) is 5. The van der Waals surface area contributed by atoms with Crippen LogP contribution in [-0.2, 0) is 14.8 Å². The quantitative estimate of drug-likeness (QED) is 0.479. The molecule has 7 nitrogen and oxygen atoms in total. The van der Waals surface area contributed by atoms with Gasteiger partial charge in [0.25, 0.3) is 5.91 Å². The van der Waals surface area contributed by atoms with Gasteiger partial charge in [0.15, 0.2) is 0 Å². The van der Waals surface area contributed by atoms with Crippen molar-refractivity contribution in [2.75, 3.05) is 39.3 Å². The second-order valence-electron chi connectivity index (χ2n) is 10.2. The average Bonchev–Trinajstić information content (AvgIpc) is 2.94. The first kappa shape index (κ1) is 26.6. The lowest BCUT2D eigenvalue weighted by atomic mass is 9.96. The summed E-state index contributed by atoms with van der Waals surface area (Å²) in [5.41, 5.74) is 2.85. The number of sulfonamides is 1. The number of ether oxygens (including phenoxy) is 1. The summed E-state index contributed by atoms with van der Waals surface area (Å²) in [4.78, 5) is 17.8. The molecule has 2 aliphatic heterocycles. The Morgan fingerprint density at radius 1 is 0.789 bits per heavy atom. The van der Waals surface area contributed by atoms with Crippen LogP contribution in [0.2, 0.25) is 0 Å².